The minimum atomic E-state index is 0.582. The van der Waals surface area contributed by atoms with Gasteiger partial charge in [0, 0.05) is 18.9 Å². The van der Waals surface area contributed by atoms with Crippen molar-refractivity contribution in [3.05, 3.63) is 41.3 Å². The predicted octanol–water partition coefficient (Wildman–Crippen LogP) is 2.82. The maximum absolute atomic E-state index is 5.95. The number of nitrogens with zero attached hydrogens (tertiary/aromatic N) is 4. The Kier molecular flexibility index (Phi) is 2.83. The fraction of sp³-hybridized carbons (Fsp3) is 0.154. The molecule has 0 saturated heterocycles. The zero-order chi connectivity index (χ0) is 13.4. The molecule has 0 aromatic carbocycles. The van der Waals surface area contributed by atoms with Crippen LogP contribution in [0.2, 0.25) is 5.02 Å². The van der Waals surface area contributed by atoms with E-state index < -0.39 is 0 Å². The molecule has 0 unspecified atom stereocenters. The molecule has 0 atom stereocenters. The van der Waals surface area contributed by atoms with Crippen molar-refractivity contribution < 1.29 is 0 Å². The van der Waals surface area contributed by atoms with Gasteiger partial charge < -0.3 is 5.32 Å². The molecule has 0 aliphatic rings. The van der Waals surface area contributed by atoms with Gasteiger partial charge in [0.25, 0.3) is 0 Å². The minimum absolute atomic E-state index is 0.582. The smallest absolute Gasteiger partial charge is 0.177 e. The zero-order valence-corrected chi connectivity index (χ0v) is 11.3. The van der Waals surface area contributed by atoms with Crippen molar-refractivity contribution in [2.75, 3.05) is 12.4 Å². The molecule has 0 aliphatic heterocycles. The molecule has 1 N–H and O–H groups in total. The van der Waals surface area contributed by atoms with Gasteiger partial charge in [-0.15, -0.1) is 0 Å². The van der Waals surface area contributed by atoms with Crippen LogP contribution in [0.15, 0.2) is 30.6 Å². The number of halogens is 1. The highest BCUT2D eigenvalue weighted by molar-refractivity contribution is 6.30. The second-order valence-corrected chi connectivity index (χ2v) is 4.62. The third-order valence-corrected chi connectivity index (χ3v) is 3.08. The van der Waals surface area contributed by atoms with Crippen molar-refractivity contribution in [3.63, 3.8) is 0 Å². The van der Waals surface area contributed by atoms with E-state index in [-0.39, 0.29) is 0 Å². The van der Waals surface area contributed by atoms with Gasteiger partial charge in [0.2, 0.25) is 0 Å². The Morgan fingerprint density at radius 3 is 2.89 bits per heavy atom. The molecule has 96 valence electrons. The van der Waals surface area contributed by atoms with E-state index >= 15 is 0 Å². The summed E-state index contributed by atoms with van der Waals surface area (Å²) in [5.74, 6) is 0.701. The highest BCUT2D eigenvalue weighted by atomic mass is 35.5. The predicted molar refractivity (Wildman–Crippen MR) is 76.0 cm³/mol. The average Bonchev–Trinajstić information content (AvgIpc) is 2.81. The number of nitrogens with one attached hydrogen (secondary N) is 1. The Morgan fingerprint density at radius 2 is 2.11 bits per heavy atom. The number of pyridine rings is 2. The lowest BCUT2D eigenvalue weighted by Crippen LogP contribution is -2.04. The Labute approximate surface area is 115 Å². The molecule has 5 nitrogen and oxygen atoms in total. The van der Waals surface area contributed by atoms with Gasteiger partial charge in [-0.05, 0) is 25.1 Å². The maximum atomic E-state index is 5.95. The van der Waals surface area contributed by atoms with E-state index in [9.17, 15) is 0 Å². The molecule has 19 heavy (non-hydrogen) atoms. The van der Waals surface area contributed by atoms with E-state index in [1.54, 1.807) is 17.1 Å². The van der Waals surface area contributed by atoms with Gasteiger partial charge >= 0.3 is 0 Å². The number of aromatic nitrogens is 4. The van der Waals surface area contributed by atoms with Crippen LogP contribution in [0.5, 0.6) is 0 Å². The minimum Gasteiger partial charge on any atom is -0.385 e. The number of anilines is 1. The molecule has 6 heteroatoms. The molecule has 0 saturated carbocycles. The van der Waals surface area contributed by atoms with E-state index in [0.29, 0.717) is 10.8 Å². The Hall–Kier alpha value is -2.14. The van der Waals surface area contributed by atoms with E-state index in [4.69, 9.17) is 11.6 Å². The highest BCUT2D eigenvalue weighted by Gasteiger charge is 2.11. The summed E-state index contributed by atoms with van der Waals surface area (Å²) in [5.41, 5.74) is 3.54. The van der Waals surface area contributed by atoms with E-state index in [0.717, 1.165) is 22.4 Å². The maximum Gasteiger partial charge on any atom is 0.177 e. The number of hydrogen-bond donors (Lipinski definition) is 1. The summed E-state index contributed by atoms with van der Waals surface area (Å²) in [5, 5.41) is 8.01. The second kappa shape index (κ2) is 4.51. The Morgan fingerprint density at radius 1 is 1.26 bits per heavy atom. The van der Waals surface area contributed by atoms with Crippen LogP contribution in [0.3, 0.4) is 0 Å². The van der Waals surface area contributed by atoms with Gasteiger partial charge in [-0.2, -0.15) is 5.10 Å². The molecule has 0 radical (unpaired) electrons. The van der Waals surface area contributed by atoms with Crippen LogP contribution >= 0.6 is 11.6 Å². The van der Waals surface area contributed by atoms with E-state index in [1.807, 2.05) is 32.2 Å². The third kappa shape index (κ3) is 2.02. The highest BCUT2D eigenvalue weighted by Crippen LogP contribution is 2.24. The molecule has 3 aromatic heterocycles. The molecule has 0 amide bonds. The van der Waals surface area contributed by atoms with E-state index in [1.165, 1.54) is 0 Å². The first kappa shape index (κ1) is 11.9. The number of hydrogen-bond acceptors (Lipinski definition) is 4. The topological polar surface area (TPSA) is 55.6 Å². The fourth-order valence-corrected chi connectivity index (χ4v) is 2.13. The lowest BCUT2D eigenvalue weighted by molar-refractivity contribution is 0.876. The van der Waals surface area contributed by atoms with E-state index in [2.05, 4.69) is 20.4 Å². The number of fused-ring (bicyclic) bond motifs is 1. The van der Waals surface area contributed by atoms with Crippen LogP contribution in [-0.2, 0) is 0 Å². The van der Waals surface area contributed by atoms with Gasteiger partial charge in [-0.1, -0.05) is 11.6 Å². The van der Waals surface area contributed by atoms with Gasteiger partial charge in [-0.3, -0.25) is 0 Å². The molecular formula is C13H12ClN5. The van der Waals surface area contributed by atoms with Crippen LogP contribution in [0.1, 0.15) is 5.69 Å². The number of rotatable bonds is 2. The van der Waals surface area contributed by atoms with Crippen LogP contribution in [-0.4, -0.2) is 26.8 Å². The van der Waals surface area contributed by atoms with Crippen molar-refractivity contribution in [1.82, 2.24) is 19.7 Å². The third-order valence-electron chi connectivity index (χ3n) is 2.87. The molecule has 0 fully saturated rings. The molecule has 3 rings (SSSR count). The largest absolute Gasteiger partial charge is 0.385 e. The zero-order valence-electron chi connectivity index (χ0n) is 10.6. The fourth-order valence-electron chi connectivity index (χ4n) is 1.97. The van der Waals surface area contributed by atoms with Crippen LogP contribution in [0.25, 0.3) is 16.9 Å². The molecular weight excluding hydrogens is 262 g/mol. The summed E-state index contributed by atoms with van der Waals surface area (Å²) in [6, 6.07) is 5.76. The van der Waals surface area contributed by atoms with Crippen molar-refractivity contribution in [3.8, 4) is 5.82 Å². The van der Waals surface area contributed by atoms with Crippen LogP contribution < -0.4 is 5.32 Å². The van der Waals surface area contributed by atoms with Gasteiger partial charge in [-0.25, -0.2) is 14.6 Å². The SMILES string of the molecule is CNc1cc(Cl)cnc1-n1ncc2nc(C)ccc21. The summed E-state index contributed by atoms with van der Waals surface area (Å²) < 4.78 is 1.75. The van der Waals surface area contributed by atoms with Crippen molar-refractivity contribution in [2.24, 2.45) is 0 Å². The first-order valence-electron chi connectivity index (χ1n) is 5.84. The molecule has 0 aliphatic carbocycles. The van der Waals surface area contributed by atoms with Crippen LogP contribution in [0, 0.1) is 6.92 Å². The average molecular weight is 274 g/mol. The van der Waals surface area contributed by atoms with Crippen LogP contribution in [0.4, 0.5) is 5.69 Å². The van der Waals surface area contributed by atoms with Crippen molar-refractivity contribution in [1.29, 1.82) is 0 Å². The Balaban J connectivity index is 2.24. The van der Waals surface area contributed by atoms with Gasteiger partial charge in [0.05, 0.1) is 22.4 Å². The molecule has 3 heterocycles. The monoisotopic (exact) mass is 273 g/mol. The van der Waals surface area contributed by atoms with Crippen molar-refractivity contribution in [2.45, 2.75) is 6.92 Å². The quantitative estimate of drug-likeness (QED) is 0.780. The van der Waals surface area contributed by atoms with Crippen molar-refractivity contribution >= 4 is 28.3 Å². The van der Waals surface area contributed by atoms with Gasteiger partial charge in [0.15, 0.2) is 5.82 Å². The molecule has 0 bridgehead atoms. The summed E-state index contributed by atoms with van der Waals surface area (Å²) in [4.78, 5) is 8.78. The number of aryl methyl sites for hydroxylation is 1. The van der Waals surface area contributed by atoms with Gasteiger partial charge in [0.1, 0.15) is 5.52 Å². The molecule has 3 aromatic rings. The second-order valence-electron chi connectivity index (χ2n) is 4.19. The normalized spacial score (nSPS) is 10.9. The molecule has 0 spiro atoms. The summed E-state index contributed by atoms with van der Waals surface area (Å²) >= 11 is 5.95. The summed E-state index contributed by atoms with van der Waals surface area (Å²) in [6.07, 6.45) is 3.34. The lowest BCUT2D eigenvalue weighted by atomic mass is 10.3. The first-order valence-corrected chi connectivity index (χ1v) is 6.22. The first-order chi connectivity index (χ1) is 9.19. The summed E-state index contributed by atoms with van der Waals surface area (Å²) in [7, 11) is 1.82. The standard InChI is InChI=1S/C13H12ClN5/c1-8-3-4-12-11(18-8)7-17-19(12)13-10(15-2)5-9(14)6-16-13/h3-7,15H,1-2H3. The summed E-state index contributed by atoms with van der Waals surface area (Å²) in [6.45, 7) is 1.95. The lowest BCUT2D eigenvalue weighted by Gasteiger charge is -2.09. The Bertz CT molecular complexity index is 750.